The number of carbonyl (C=O) groups excluding carboxylic acids is 2. The van der Waals surface area contributed by atoms with Gasteiger partial charge in [-0.2, -0.15) is 0 Å². The zero-order chi connectivity index (χ0) is 24.8. The normalized spacial score (nSPS) is 11.1. The van der Waals surface area contributed by atoms with E-state index >= 15 is 0 Å². The van der Waals surface area contributed by atoms with Gasteiger partial charge in [-0.1, -0.05) is 44.2 Å². The van der Waals surface area contributed by atoms with Gasteiger partial charge in [0.25, 0.3) is 0 Å². The molecule has 3 aromatic carbocycles. The topological polar surface area (TPSA) is 69.6 Å². The predicted molar refractivity (Wildman–Crippen MR) is 138 cm³/mol. The molecule has 6 heteroatoms. The zero-order valence-corrected chi connectivity index (χ0v) is 20.3. The summed E-state index contributed by atoms with van der Waals surface area (Å²) in [5.74, 6) is -0.124. The number of rotatable bonds is 9. The molecular weight excluding hydrogens is 440 g/mol. The molecule has 0 atom stereocenters. The maximum absolute atomic E-state index is 12.3. The maximum Gasteiger partial charge on any atom is 0.337 e. The SMILES string of the molecule is COC(=O)c1ccc2c(c1)c(CCOCC(=O)Nc1ccc(C(C)C)cc1)cn2-c1ccccc1. The Bertz CT molecular complexity index is 1310. The van der Waals surface area contributed by atoms with Crippen molar-refractivity contribution in [3.8, 4) is 5.69 Å². The van der Waals surface area contributed by atoms with E-state index in [9.17, 15) is 9.59 Å². The van der Waals surface area contributed by atoms with Crippen molar-refractivity contribution in [3.63, 3.8) is 0 Å². The fraction of sp³-hybridized carbons (Fsp3) is 0.241. The van der Waals surface area contributed by atoms with Crippen LogP contribution >= 0.6 is 0 Å². The third-order valence-electron chi connectivity index (χ3n) is 5.95. The number of nitrogens with zero attached hydrogens (tertiary/aromatic N) is 1. The Morgan fingerprint density at radius 2 is 1.71 bits per heavy atom. The van der Waals surface area contributed by atoms with E-state index in [1.807, 2.05) is 66.7 Å². The van der Waals surface area contributed by atoms with Crippen molar-refractivity contribution in [2.45, 2.75) is 26.2 Å². The van der Waals surface area contributed by atoms with Crippen molar-refractivity contribution in [3.05, 3.63) is 95.7 Å². The number of anilines is 1. The van der Waals surface area contributed by atoms with Gasteiger partial charge < -0.3 is 19.4 Å². The molecule has 0 spiro atoms. The van der Waals surface area contributed by atoms with E-state index in [-0.39, 0.29) is 18.5 Å². The van der Waals surface area contributed by atoms with Crippen molar-refractivity contribution >= 4 is 28.5 Å². The highest BCUT2D eigenvalue weighted by Crippen LogP contribution is 2.27. The van der Waals surface area contributed by atoms with Crippen LogP contribution in [0.25, 0.3) is 16.6 Å². The van der Waals surface area contributed by atoms with Gasteiger partial charge in [0.1, 0.15) is 6.61 Å². The molecule has 4 aromatic rings. The van der Waals surface area contributed by atoms with Crippen molar-refractivity contribution in [2.75, 3.05) is 25.6 Å². The van der Waals surface area contributed by atoms with Gasteiger partial charge in [-0.15, -0.1) is 0 Å². The molecule has 1 heterocycles. The average molecular weight is 471 g/mol. The first-order valence-corrected chi connectivity index (χ1v) is 11.7. The van der Waals surface area contributed by atoms with Crippen LogP contribution in [0, 0.1) is 0 Å². The van der Waals surface area contributed by atoms with Gasteiger partial charge in [-0.25, -0.2) is 4.79 Å². The number of amides is 1. The molecule has 0 saturated heterocycles. The molecule has 0 aliphatic carbocycles. The van der Waals surface area contributed by atoms with E-state index in [0.29, 0.717) is 24.5 Å². The Kier molecular flexibility index (Phi) is 7.63. The minimum atomic E-state index is -0.375. The number of esters is 1. The first-order chi connectivity index (χ1) is 17.0. The summed E-state index contributed by atoms with van der Waals surface area (Å²) in [6, 6.07) is 23.4. The minimum absolute atomic E-state index is 0.0311. The fourth-order valence-electron chi connectivity index (χ4n) is 4.04. The Balaban J connectivity index is 1.43. The van der Waals surface area contributed by atoms with Gasteiger partial charge in [0.15, 0.2) is 0 Å². The fourth-order valence-corrected chi connectivity index (χ4v) is 4.04. The molecule has 0 aliphatic rings. The molecule has 0 fully saturated rings. The van der Waals surface area contributed by atoms with E-state index in [2.05, 4.69) is 29.9 Å². The lowest BCUT2D eigenvalue weighted by atomic mass is 10.0. The molecule has 0 radical (unpaired) electrons. The highest BCUT2D eigenvalue weighted by molar-refractivity contribution is 5.96. The highest BCUT2D eigenvalue weighted by Gasteiger charge is 2.14. The Labute approximate surface area is 205 Å². The van der Waals surface area contributed by atoms with Crippen LogP contribution in [-0.2, 0) is 20.7 Å². The quantitative estimate of drug-likeness (QED) is 0.250. The van der Waals surface area contributed by atoms with Crippen LogP contribution < -0.4 is 5.32 Å². The van der Waals surface area contributed by atoms with Crippen molar-refractivity contribution in [1.29, 1.82) is 0 Å². The maximum atomic E-state index is 12.3. The third-order valence-corrected chi connectivity index (χ3v) is 5.95. The molecule has 1 aromatic heterocycles. The van der Waals surface area contributed by atoms with E-state index < -0.39 is 0 Å². The second-order valence-corrected chi connectivity index (χ2v) is 8.71. The first kappa shape index (κ1) is 24.2. The highest BCUT2D eigenvalue weighted by atomic mass is 16.5. The van der Waals surface area contributed by atoms with Crippen LogP contribution in [0.1, 0.15) is 41.3 Å². The average Bonchev–Trinajstić information content (AvgIpc) is 3.24. The Morgan fingerprint density at radius 1 is 0.971 bits per heavy atom. The Hall–Kier alpha value is -3.90. The minimum Gasteiger partial charge on any atom is -0.465 e. The summed E-state index contributed by atoms with van der Waals surface area (Å²) < 4.78 is 12.7. The molecule has 180 valence electrons. The molecular formula is C29H30N2O4. The molecule has 6 nitrogen and oxygen atoms in total. The van der Waals surface area contributed by atoms with Crippen LogP contribution in [0.2, 0.25) is 0 Å². The summed E-state index contributed by atoms with van der Waals surface area (Å²) in [6.07, 6.45) is 2.65. The largest absolute Gasteiger partial charge is 0.465 e. The van der Waals surface area contributed by atoms with Gasteiger partial charge in [0.05, 0.1) is 24.8 Å². The number of hydrogen-bond acceptors (Lipinski definition) is 4. The summed E-state index contributed by atoms with van der Waals surface area (Å²) >= 11 is 0. The number of hydrogen-bond donors (Lipinski definition) is 1. The van der Waals surface area contributed by atoms with Crippen LogP contribution in [0.5, 0.6) is 0 Å². The number of carbonyl (C=O) groups is 2. The first-order valence-electron chi connectivity index (χ1n) is 11.7. The second kappa shape index (κ2) is 11.0. The number of aromatic nitrogens is 1. The van der Waals surface area contributed by atoms with E-state index in [0.717, 1.165) is 27.8 Å². The number of nitrogens with one attached hydrogen (secondary N) is 1. The number of methoxy groups -OCH3 is 1. The lowest BCUT2D eigenvalue weighted by Crippen LogP contribution is -2.19. The monoisotopic (exact) mass is 470 g/mol. The lowest BCUT2D eigenvalue weighted by Gasteiger charge is -2.09. The van der Waals surface area contributed by atoms with Gasteiger partial charge in [-0.05, 0) is 65.9 Å². The van der Waals surface area contributed by atoms with Crippen molar-refractivity contribution in [1.82, 2.24) is 4.57 Å². The third kappa shape index (κ3) is 5.78. The van der Waals surface area contributed by atoms with Crippen LogP contribution in [-0.4, -0.2) is 36.8 Å². The number of fused-ring (bicyclic) bond motifs is 1. The smallest absolute Gasteiger partial charge is 0.337 e. The van der Waals surface area contributed by atoms with Gasteiger partial charge in [0.2, 0.25) is 5.91 Å². The van der Waals surface area contributed by atoms with Crippen LogP contribution in [0.4, 0.5) is 5.69 Å². The summed E-state index contributed by atoms with van der Waals surface area (Å²) in [6.45, 7) is 4.61. The second-order valence-electron chi connectivity index (χ2n) is 8.71. The Morgan fingerprint density at radius 3 is 2.40 bits per heavy atom. The van der Waals surface area contributed by atoms with E-state index in [1.54, 1.807) is 6.07 Å². The van der Waals surface area contributed by atoms with E-state index in [1.165, 1.54) is 12.7 Å². The van der Waals surface area contributed by atoms with Crippen LogP contribution in [0.15, 0.2) is 79.0 Å². The molecule has 1 amide bonds. The molecule has 4 rings (SSSR count). The van der Waals surface area contributed by atoms with Gasteiger partial charge in [0, 0.05) is 23.0 Å². The molecule has 1 N–H and O–H groups in total. The summed E-state index contributed by atoms with van der Waals surface area (Å²) in [7, 11) is 1.38. The van der Waals surface area contributed by atoms with Crippen molar-refractivity contribution < 1.29 is 19.1 Å². The standard InChI is InChI=1S/C29H30N2O4/c1-20(2)21-9-12-24(13-10-21)30-28(32)19-35-16-15-23-18-31(25-7-5-4-6-8-25)27-14-11-22(17-26(23)27)29(33)34-3/h4-14,17-18,20H,15-16,19H2,1-3H3,(H,30,32). The lowest BCUT2D eigenvalue weighted by molar-refractivity contribution is -0.120. The summed E-state index contributed by atoms with van der Waals surface area (Å²) in [4.78, 5) is 24.4. The number of para-hydroxylation sites is 1. The van der Waals surface area contributed by atoms with Gasteiger partial charge in [-0.3, -0.25) is 4.79 Å². The van der Waals surface area contributed by atoms with E-state index in [4.69, 9.17) is 9.47 Å². The summed E-state index contributed by atoms with van der Waals surface area (Å²) in [5, 5.41) is 3.82. The van der Waals surface area contributed by atoms with Gasteiger partial charge >= 0.3 is 5.97 Å². The molecule has 0 unspecified atom stereocenters. The zero-order valence-electron chi connectivity index (χ0n) is 20.3. The number of ether oxygens (including phenoxy) is 2. The van der Waals surface area contributed by atoms with Crippen molar-refractivity contribution in [2.24, 2.45) is 0 Å². The van der Waals surface area contributed by atoms with Crippen LogP contribution in [0.3, 0.4) is 0 Å². The predicted octanol–water partition coefficient (Wildman–Crippen LogP) is 5.74. The molecule has 35 heavy (non-hydrogen) atoms. The molecule has 0 saturated carbocycles. The number of benzene rings is 3. The molecule has 0 aliphatic heterocycles. The summed E-state index contributed by atoms with van der Waals surface area (Å²) in [5.41, 5.74) is 5.52. The molecule has 0 bridgehead atoms.